The maximum atomic E-state index is 13.9. The average molecular weight is 328 g/mol. The van der Waals surface area contributed by atoms with Gasteiger partial charge in [0.05, 0.1) is 0 Å². The van der Waals surface area contributed by atoms with Gasteiger partial charge in [-0.2, -0.15) is 0 Å². The summed E-state index contributed by atoms with van der Waals surface area (Å²) in [5, 5.41) is 3.55. The minimum Gasteiger partial charge on any atom is -0.316 e. The predicted octanol–water partition coefficient (Wildman–Crippen LogP) is 4.55. The molecule has 0 heterocycles. The van der Waals surface area contributed by atoms with Crippen molar-refractivity contribution in [3.63, 3.8) is 0 Å². The molecule has 1 aliphatic carbocycles. The molecule has 1 fully saturated rings. The number of hydrogen-bond acceptors (Lipinski definition) is 1. The van der Waals surface area contributed by atoms with Gasteiger partial charge >= 0.3 is 0 Å². The molecule has 0 atom stereocenters. The quantitative estimate of drug-likeness (QED) is 0.808. The van der Waals surface area contributed by atoms with Crippen LogP contribution in [-0.4, -0.2) is 13.1 Å². The Morgan fingerprint density at radius 1 is 1.37 bits per heavy atom. The third kappa shape index (κ3) is 4.03. The Bertz CT molecular complexity index is 427. The lowest BCUT2D eigenvalue weighted by Gasteiger charge is -2.42. The topological polar surface area (TPSA) is 12.0 Å². The summed E-state index contributed by atoms with van der Waals surface area (Å²) in [7, 11) is 0. The summed E-state index contributed by atoms with van der Waals surface area (Å²) in [6, 6.07) is 5.26. The summed E-state index contributed by atoms with van der Waals surface area (Å²) < 4.78 is 14.8. The molecule has 1 aromatic carbocycles. The standard InChI is InChI=1S/C16H23BrFN/c1-12(2)10-19-11-16(6-3-7-16)9-13-8-14(17)4-5-15(13)18/h4-5,8,12,19H,3,6-7,9-11H2,1-2H3. The van der Waals surface area contributed by atoms with Crippen LogP contribution >= 0.6 is 15.9 Å². The molecule has 2 rings (SSSR count). The van der Waals surface area contributed by atoms with Gasteiger partial charge in [-0.1, -0.05) is 36.2 Å². The van der Waals surface area contributed by atoms with Gasteiger partial charge in [-0.25, -0.2) is 4.39 Å². The summed E-state index contributed by atoms with van der Waals surface area (Å²) in [5.41, 5.74) is 1.12. The van der Waals surface area contributed by atoms with Gasteiger partial charge in [0, 0.05) is 11.0 Å². The highest BCUT2D eigenvalue weighted by molar-refractivity contribution is 9.10. The zero-order valence-electron chi connectivity index (χ0n) is 11.8. The van der Waals surface area contributed by atoms with Gasteiger partial charge in [-0.15, -0.1) is 0 Å². The Morgan fingerprint density at radius 3 is 2.68 bits per heavy atom. The molecule has 0 spiro atoms. The number of benzene rings is 1. The summed E-state index contributed by atoms with van der Waals surface area (Å²) >= 11 is 3.43. The van der Waals surface area contributed by atoms with Crippen LogP contribution in [0.25, 0.3) is 0 Å². The minimum absolute atomic E-state index is 0.0710. The van der Waals surface area contributed by atoms with Gasteiger partial charge in [0.1, 0.15) is 5.82 Å². The Balaban J connectivity index is 1.99. The van der Waals surface area contributed by atoms with E-state index in [9.17, 15) is 4.39 Å². The second-order valence-electron chi connectivity index (χ2n) is 6.29. The van der Waals surface area contributed by atoms with E-state index in [0.29, 0.717) is 5.92 Å². The highest BCUT2D eigenvalue weighted by Gasteiger charge is 2.37. The largest absolute Gasteiger partial charge is 0.316 e. The molecule has 1 saturated carbocycles. The molecule has 0 aliphatic heterocycles. The van der Waals surface area contributed by atoms with Gasteiger partial charge in [0.15, 0.2) is 0 Å². The first-order valence-electron chi connectivity index (χ1n) is 7.15. The van der Waals surface area contributed by atoms with Gasteiger partial charge < -0.3 is 5.32 Å². The Hall–Kier alpha value is -0.410. The van der Waals surface area contributed by atoms with E-state index < -0.39 is 0 Å². The fourth-order valence-corrected chi connectivity index (χ4v) is 3.21. The fourth-order valence-electron chi connectivity index (χ4n) is 2.80. The number of hydrogen-bond donors (Lipinski definition) is 1. The van der Waals surface area contributed by atoms with Crippen LogP contribution in [0.3, 0.4) is 0 Å². The molecule has 0 bridgehead atoms. The first kappa shape index (κ1) is 15.0. The second-order valence-corrected chi connectivity index (χ2v) is 7.21. The first-order chi connectivity index (χ1) is 9.01. The van der Waals surface area contributed by atoms with Crippen LogP contribution < -0.4 is 5.32 Å². The predicted molar refractivity (Wildman–Crippen MR) is 81.8 cm³/mol. The van der Waals surface area contributed by atoms with Gasteiger partial charge in [-0.05, 0) is 60.9 Å². The molecule has 0 amide bonds. The first-order valence-corrected chi connectivity index (χ1v) is 7.95. The molecule has 1 N–H and O–H groups in total. The van der Waals surface area contributed by atoms with E-state index in [0.717, 1.165) is 29.5 Å². The van der Waals surface area contributed by atoms with Crippen molar-refractivity contribution in [3.05, 3.63) is 34.1 Å². The van der Waals surface area contributed by atoms with Crippen molar-refractivity contribution >= 4 is 15.9 Å². The summed E-state index contributed by atoms with van der Waals surface area (Å²) in [6.45, 7) is 6.49. The van der Waals surface area contributed by atoms with Crippen molar-refractivity contribution in [2.45, 2.75) is 39.5 Å². The van der Waals surface area contributed by atoms with E-state index in [2.05, 4.69) is 35.1 Å². The van der Waals surface area contributed by atoms with Gasteiger partial charge in [-0.3, -0.25) is 0 Å². The fraction of sp³-hybridized carbons (Fsp3) is 0.625. The minimum atomic E-state index is -0.0710. The van der Waals surface area contributed by atoms with Crippen LogP contribution in [-0.2, 0) is 6.42 Å². The van der Waals surface area contributed by atoms with Gasteiger partial charge in [0.2, 0.25) is 0 Å². The molecule has 0 radical (unpaired) electrons. The van der Waals surface area contributed by atoms with Crippen molar-refractivity contribution in [3.8, 4) is 0 Å². The molecule has 19 heavy (non-hydrogen) atoms. The molecule has 1 aromatic rings. The normalized spacial score (nSPS) is 17.5. The van der Waals surface area contributed by atoms with Crippen LogP contribution in [0.1, 0.15) is 38.7 Å². The van der Waals surface area contributed by atoms with Crippen LogP contribution in [0.15, 0.2) is 22.7 Å². The third-order valence-corrected chi connectivity index (χ3v) is 4.53. The van der Waals surface area contributed by atoms with Crippen molar-refractivity contribution < 1.29 is 4.39 Å². The zero-order chi connectivity index (χ0) is 13.9. The summed E-state index contributed by atoms with van der Waals surface area (Å²) in [6.07, 6.45) is 4.55. The smallest absolute Gasteiger partial charge is 0.126 e. The lowest BCUT2D eigenvalue weighted by Crippen LogP contribution is -2.42. The average Bonchev–Trinajstić information content (AvgIpc) is 2.30. The van der Waals surface area contributed by atoms with Crippen molar-refractivity contribution in [1.29, 1.82) is 0 Å². The molecule has 0 unspecified atom stereocenters. The lowest BCUT2D eigenvalue weighted by molar-refractivity contribution is 0.127. The molecular weight excluding hydrogens is 305 g/mol. The van der Waals surface area contributed by atoms with E-state index >= 15 is 0 Å². The van der Waals surface area contributed by atoms with Crippen LogP contribution in [0, 0.1) is 17.2 Å². The van der Waals surface area contributed by atoms with Crippen molar-refractivity contribution in [2.75, 3.05) is 13.1 Å². The molecule has 1 aliphatic rings. The SMILES string of the molecule is CC(C)CNCC1(Cc2cc(Br)ccc2F)CCC1. The lowest BCUT2D eigenvalue weighted by atomic mass is 9.65. The summed E-state index contributed by atoms with van der Waals surface area (Å²) in [4.78, 5) is 0. The van der Waals surface area contributed by atoms with Crippen molar-refractivity contribution in [2.24, 2.45) is 11.3 Å². The monoisotopic (exact) mass is 327 g/mol. The maximum Gasteiger partial charge on any atom is 0.126 e. The molecule has 3 heteroatoms. The molecule has 0 saturated heterocycles. The number of rotatable bonds is 6. The number of halogens is 2. The number of nitrogens with one attached hydrogen (secondary N) is 1. The van der Waals surface area contributed by atoms with E-state index in [-0.39, 0.29) is 11.2 Å². The van der Waals surface area contributed by atoms with Crippen LogP contribution in [0.2, 0.25) is 0 Å². The van der Waals surface area contributed by atoms with E-state index in [1.54, 1.807) is 12.1 Å². The maximum absolute atomic E-state index is 13.9. The molecule has 1 nitrogen and oxygen atoms in total. The Kier molecular flexibility index (Phi) is 5.02. The van der Waals surface area contributed by atoms with Gasteiger partial charge in [0.25, 0.3) is 0 Å². The molecule has 0 aromatic heterocycles. The van der Waals surface area contributed by atoms with Crippen LogP contribution in [0.5, 0.6) is 0 Å². The summed E-state index contributed by atoms with van der Waals surface area (Å²) in [5.74, 6) is 0.595. The van der Waals surface area contributed by atoms with Crippen LogP contribution in [0.4, 0.5) is 4.39 Å². The molecular formula is C16H23BrFN. The van der Waals surface area contributed by atoms with E-state index in [1.165, 1.54) is 19.3 Å². The second kappa shape index (κ2) is 6.36. The Morgan fingerprint density at radius 2 is 2.11 bits per heavy atom. The zero-order valence-corrected chi connectivity index (χ0v) is 13.4. The Labute approximate surface area is 124 Å². The molecule has 106 valence electrons. The highest BCUT2D eigenvalue weighted by atomic mass is 79.9. The third-order valence-electron chi connectivity index (χ3n) is 4.04. The highest BCUT2D eigenvalue weighted by Crippen LogP contribution is 2.43. The van der Waals surface area contributed by atoms with E-state index in [4.69, 9.17) is 0 Å². The van der Waals surface area contributed by atoms with E-state index in [1.807, 2.05) is 6.07 Å². The van der Waals surface area contributed by atoms with Crippen molar-refractivity contribution in [1.82, 2.24) is 5.32 Å².